The van der Waals surface area contributed by atoms with Crippen LogP contribution in [0.3, 0.4) is 0 Å². The van der Waals surface area contributed by atoms with Crippen molar-refractivity contribution in [2.24, 2.45) is 5.92 Å². The second kappa shape index (κ2) is 7.55. The van der Waals surface area contributed by atoms with E-state index in [2.05, 4.69) is 4.90 Å². The Morgan fingerprint density at radius 1 is 1.13 bits per heavy atom. The summed E-state index contributed by atoms with van der Waals surface area (Å²) in [7, 11) is 6.75. The highest BCUT2D eigenvalue weighted by Crippen LogP contribution is 2.43. The van der Waals surface area contributed by atoms with Crippen molar-refractivity contribution in [1.29, 1.82) is 0 Å². The van der Waals surface area contributed by atoms with E-state index in [0.29, 0.717) is 30.4 Å². The molecule has 0 bridgehead atoms. The second-order valence-electron chi connectivity index (χ2n) is 5.64. The standard InChI is InChI=1S/C17H25NO5/c1-6-23-17(19)13-10-18(2)9-12(13)11-7-14(20-3)16(22-5)15(8-11)21-4/h7-8,12-13H,6,9-10H2,1-5H3. The Kier molecular flexibility index (Phi) is 5.71. The first-order valence-electron chi connectivity index (χ1n) is 7.70. The molecule has 1 heterocycles. The number of carbonyl (C=O) groups excluding carboxylic acids is 1. The van der Waals surface area contributed by atoms with Crippen LogP contribution in [-0.2, 0) is 9.53 Å². The molecule has 0 N–H and O–H groups in total. The first kappa shape index (κ1) is 17.4. The van der Waals surface area contributed by atoms with Crippen LogP contribution in [0.5, 0.6) is 17.2 Å². The third-order valence-electron chi connectivity index (χ3n) is 4.21. The average Bonchev–Trinajstić information content (AvgIpc) is 2.95. The smallest absolute Gasteiger partial charge is 0.310 e. The molecule has 1 fully saturated rings. The molecule has 0 spiro atoms. The van der Waals surface area contributed by atoms with Crippen molar-refractivity contribution in [3.05, 3.63) is 17.7 Å². The molecule has 1 aromatic carbocycles. The third-order valence-corrected chi connectivity index (χ3v) is 4.21. The van der Waals surface area contributed by atoms with E-state index >= 15 is 0 Å². The summed E-state index contributed by atoms with van der Waals surface area (Å²) in [5.41, 5.74) is 0.988. The lowest BCUT2D eigenvalue weighted by Gasteiger charge is -2.20. The van der Waals surface area contributed by atoms with Crippen molar-refractivity contribution in [3.8, 4) is 17.2 Å². The molecule has 0 aliphatic carbocycles. The highest BCUT2D eigenvalue weighted by molar-refractivity contribution is 5.75. The number of hydrogen-bond acceptors (Lipinski definition) is 6. The Morgan fingerprint density at radius 2 is 1.74 bits per heavy atom. The van der Waals surface area contributed by atoms with Crippen LogP contribution >= 0.6 is 0 Å². The van der Waals surface area contributed by atoms with Crippen LogP contribution < -0.4 is 14.2 Å². The summed E-state index contributed by atoms with van der Waals surface area (Å²) in [6.45, 7) is 3.67. The topological polar surface area (TPSA) is 57.2 Å². The number of nitrogens with zero attached hydrogens (tertiary/aromatic N) is 1. The zero-order valence-electron chi connectivity index (χ0n) is 14.4. The van der Waals surface area contributed by atoms with Crippen LogP contribution in [0, 0.1) is 5.92 Å². The van der Waals surface area contributed by atoms with Crippen LogP contribution in [0.2, 0.25) is 0 Å². The van der Waals surface area contributed by atoms with Crippen molar-refractivity contribution < 1.29 is 23.7 Å². The van der Waals surface area contributed by atoms with Gasteiger partial charge in [-0.15, -0.1) is 0 Å². The van der Waals surface area contributed by atoms with Gasteiger partial charge in [-0.3, -0.25) is 4.79 Å². The Morgan fingerprint density at radius 3 is 2.22 bits per heavy atom. The van der Waals surface area contributed by atoms with Crippen molar-refractivity contribution in [2.75, 3.05) is 48.1 Å². The molecular weight excluding hydrogens is 298 g/mol. The molecule has 2 atom stereocenters. The molecule has 1 aliphatic rings. The molecule has 0 saturated carbocycles. The van der Waals surface area contributed by atoms with Gasteiger partial charge in [0.1, 0.15) is 0 Å². The molecule has 6 heteroatoms. The maximum atomic E-state index is 12.3. The van der Waals surface area contributed by atoms with E-state index in [9.17, 15) is 4.79 Å². The zero-order chi connectivity index (χ0) is 17.0. The van der Waals surface area contributed by atoms with Gasteiger partial charge in [0.2, 0.25) is 5.75 Å². The summed E-state index contributed by atoms with van der Waals surface area (Å²) in [6, 6.07) is 3.83. The van der Waals surface area contributed by atoms with Gasteiger partial charge in [-0.05, 0) is 31.7 Å². The average molecular weight is 323 g/mol. The predicted octanol–water partition coefficient (Wildman–Crippen LogP) is 1.92. The lowest BCUT2D eigenvalue weighted by atomic mass is 9.88. The predicted molar refractivity (Wildman–Crippen MR) is 86.5 cm³/mol. The molecule has 128 valence electrons. The summed E-state index contributed by atoms with van der Waals surface area (Å²) < 4.78 is 21.4. The normalized spacial score (nSPS) is 21.1. The molecule has 0 amide bonds. The SMILES string of the molecule is CCOC(=O)C1CN(C)CC1c1cc(OC)c(OC)c(OC)c1. The fourth-order valence-corrected chi connectivity index (χ4v) is 3.14. The number of ether oxygens (including phenoxy) is 4. The number of carbonyl (C=O) groups is 1. The summed E-state index contributed by atoms with van der Waals surface area (Å²) in [4.78, 5) is 14.4. The molecule has 1 aliphatic heterocycles. The van der Waals surface area contributed by atoms with Crippen molar-refractivity contribution in [1.82, 2.24) is 4.90 Å². The monoisotopic (exact) mass is 323 g/mol. The van der Waals surface area contributed by atoms with Crippen LogP contribution in [0.15, 0.2) is 12.1 Å². The molecule has 0 radical (unpaired) electrons. The third kappa shape index (κ3) is 3.52. The molecule has 1 aromatic rings. The van der Waals surface area contributed by atoms with Gasteiger partial charge in [0.15, 0.2) is 11.5 Å². The summed E-state index contributed by atoms with van der Waals surface area (Å²) in [5.74, 6) is 1.43. The Labute approximate surface area is 137 Å². The van der Waals surface area contributed by atoms with Gasteiger partial charge >= 0.3 is 5.97 Å². The van der Waals surface area contributed by atoms with E-state index in [1.165, 1.54) is 0 Å². The number of likely N-dealkylation sites (tertiary alicyclic amines) is 1. The molecule has 6 nitrogen and oxygen atoms in total. The van der Waals surface area contributed by atoms with E-state index in [4.69, 9.17) is 18.9 Å². The highest BCUT2D eigenvalue weighted by atomic mass is 16.5. The van der Waals surface area contributed by atoms with Crippen LogP contribution in [-0.4, -0.2) is 58.9 Å². The number of likely N-dealkylation sites (N-methyl/N-ethyl adjacent to an activating group) is 1. The van der Waals surface area contributed by atoms with Gasteiger partial charge in [-0.2, -0.15) is 0 Å². The van der Waals surface area contributed by atoms with Crippen molar-refractivity contribution >= 4 is 5.97 Å². The number of esters is 1. The van der Waals surface area contributed by atoms with Gasteiger partial charge in [-0.1, -0.05) is 0 Å². The maximum absolute atomic E-state index is 12.3. The van der Waals surface area contributed by atoms with E-state index in [-0.39, 0.29) is 17.8 Å². The van der Waals surface area contributed by atoms with Crippen molar-refractivity contribution in [3.63, 3.8) is 0 Å². The van der Waals surface area contributed by atoms with Gasteiger partial charge in [0.25, 0.3) is 0 Å². The van der Waals surface area contributed by atoms with Crippen molar-refractivity contribution in [2.45, 2.75) is 12.8 Å². The Bertz CT molecular complexity index is 535. The molecule has 23 heavy (non-hydrogen) atoms. The minimum Gasteiger partial charge on any atom is -0.493 e. The fraction of sp³-hybridized carbons (Fsp3) is 0.588. The Balaban J connectivity index is 2.40. The maximum Gasteiger partial charge on any atom is 0.310 e. The molecule has 2 unspecified atom stereocenters. The minimum atomic E-state index is -0.192. The first-order valence-corrected chi connectivity index (χ1v) is 7.70. The summed E-state index contributed by atoms with van der Waals surface area (Å²) in [5, 5.41) is 0. The van der Waals surface area contributed by atoms with Gasteiger partial charge < -0.3 is 23.8 Å². The number of hydrogen-bond donors (Lipinski definition) is 0. The Hall–Kier alpha value is -1.95. The van der Waals surface area contributed by atoms with Gasteiger partial charge in [0, 0.05) is 19.0 Å². The number of rotatable bonds is 6. The molecule has 0 aromatic heterocycles. The number of methoxy groups -OCH3 is 3. The largest absolute Gasteiger partial charge is 0.493 e. The van der Waals surface area contributed by atoms with Gasteiger partial charge in [-0.25, -0.2) is 0 Å². The quantitative estimate of drug-likeness (QED) is 0.746. The van der Waals surface area contributed by atoms with E-state index in [1.54, 1.807) is 21.3 Å². The molecule has 1 saturated heterocycles. The van der Waals surface area contributed by atoms with Crippen LogP contribution in [0.25, 0.3) is 0 Å². The lowest BCUT2D eigenvalue weighted by molar-refractivity contribution is -0.147. The molecule has 2 rings (SSSR count). The minimum absolute atomic E-state index is 0.0350. The van der Waals surface area contributed by atoms with E-state index in [0.717, 1.165) is 12.1 Å². The van der Waals surface area contributed by atoms with E-state index in [1.807, 2.05) is 26.1 Å². The van der Waals surface area contributed by atoms with E-state index < -0.39 is 0 Å². The van der Waals surface area contributed by atoms with Crippen LogP contribution in [0.4, 0.5) is 0 Å². The number of benzene rings is 1. The zero-order valence-corrected chi connectivity index (χ0v) is 14.4. The van der Waals surface area contributed by atoms with Crippen LogP contribution in [0.1, 0.15) is 18.4 Å². The molecular formula is C17H25NO5. The highest BCUT2D eigenvalue weighted by Gasteiger charge is 2.38. The summed E-state index contributed by atoms with van der Waals surface area (Å²) in [6.07, 6.45) is 0. The second-order valence-corrected chi connectivity index (χ2v) is 5.64. The van der Waals surface area contributed by atoms with Gasteiger partial charge in [0.05, 0.1) is 33.9 Å². The lowest BCUT2D eigenvalue weighted by Crippen LogP contribution is -2.24. The fourth-order valence-electron chi connectivity index (χ4n) is 3.14. The first-order chi connectivity index (χ1) is 11.0. The summed E-state index contributed by atoms with van der Waals surface area (Å²) >= 11 is 0.